The first kappa shape index (κ1) is 75.6. The highest BCUT2D eigenvalue weighted by Crippen LogP contribution is 2.18. The van der Waals surface area contributed by atoms with Crippen molar-refractivity contribution in [2.24, 2.45) is 0 Å². The molecule has 0 heterocycles. The number of carboxylic acid groups (broad SMARTS) is 2. The zero-order valence-corrected chi connectivity index (χ0v) is 50.5. The van der Waals surface area contributed by atoms with E-state index < -0.39 is 11.9 Å². The van der Waals surface area contributed by atoms with Gasteiger partial charge in [-0.15, -0.1) is 0 Å². The third-order valence-corrected chi connectivity index (χ3v) is 15.0. The van der Waals surface area contributed by atoms with E-state index in [1.807, 2.05) is 0 Å². The molecule has 0 aromatic carbocycles. The van der Waals surface area contributed by atoms with E-state index in [1.165, 1.54) is 321 Å². The fraction of sp³-hybridized carbons (Fsp3) is 0.955. The van der Waals surface area contributed by atoms with Crippen LogP contribution in [0.25, 0.3) is 0 Å². The van der Waals surface area contributed by atoms with Gasteiger partial charge in [0.1, 0.15) is 0 Å². The highest BCUT2D eigenvalue weighted by Gasteiger charge is 2.04. The molecule has 0 radical (unpaired) electrons. The van der Waals surface area contributed by atoms with E-state index in [2.05, 4.69) is 27.7 Å². The third kappa shape index (κ3) is 82.0. The van der Waals surface area contributed by atoms with Crippen LogP contribution in [0.2, 0.25) is 0 Å². The van der Waals surface area contributed by atoms with Crippen molar-refractivity contribution in [3.05, 3.63) is 0 Å². The Morgan fingerprint density at radius 3 is 0.548 bits per heavy atom. The molecule has 0 bridgehead atoms. The molecule has 0 aliphatic carbocycles. The predicted molar refractivity (Wildman–Crippen MR) is 321 cm³/mol. The SMILES string of the molecule is CCCCCCCCCCCCCCCCCC(=O)O.CCCCCCCCCCCCCCCCCC(=O)O.CCCCCCCCCCCCCCCCCC(=O)OCCCCCCCCCCCCC. The van der Waals surface area contributed by atoms with Gasteiger partial charge in [-0.2, -0.15) is 0 Å². The van der Waals surface area contributed by atoms with Gasteiger partial charge in [-0.3, -0.25) is 14.4 Å². The number of unbranched alkanes of at least 4 members (excludes halogenated alkanes) is 52. The Morgan fingerprint density at radius 1 is 0.219 bits per heavy atom. The van der Waals surface area contributed by atoms with Crippen molar-refractivity contribution in [2.45, 2.75) is 407 Å². The lowest BCUT2D eigenvalue weighted by Crippen LogP contribution is -2.05. The number of hydrogen-bond donors (Lipinski definition) is 2. The van der Waals surface area contributed by atoms with Gasteiger partial charge in [-0.25, -0.2) is 0 Å². The van der Waals surface area contributed by atoms with E-state index in [4.69, 9.17) is 14.9 Å². The zero-order chi connectivity index (χ0) is 53.9. The van der Waals surface area contributed by atoms with Crippen LogP contribution in [0.3, 0.4) is 0 Å². The smallest absolute Gasteiger partial charge is 0.305 e. The number of rotatable bonds is 60. The Bertz CT molecular complexity index is 970. The van der Waals surface area contributed by atoms with Crippen LogP contribution in [-0.2, 0) is 19.1 Å². The van der Waals surface area contributed by atoms with Crippen LogP contribution >= 0.6 is 0 Å². The number of ether oxygens (including phenoxy) is 1. The van der Waals surface area contributed by atoms with E-state index in [0.717, 1.165) is 38.5 Å². The minimum atomic E-state index is -0.653. The molecule has 73 heavy (non-hydrogen) atoms. The maximum atomic E-state index is 11.8. The Morgan fingerprint density at radius 2 is 0.370 bits per heavy atom. The summed E-state index contributed by atoms with van der Waals surface area (Å²) in [4.78, 5) is 32.5. The number of carbonyl (C=O) groups excluding carboxylic acids is 1. The van der Waals surface area contributed by atoms with E-state index in [1.54, 1.807) is 0 Å². The van der Waals surface area contributed by atoms with E-state index in [-0.39, 0.29) is 5.97 Å². The zero-order valence-electron chi connectivity index (χ0n) is 50.5. The molecule has 0 atom stereocenters. The number of carboxylic acids is 2. The highest BCUT2D eigenvalue weighted by atomic mass is 16.5. The first-order chi connectivity index (χ1) is 35.8. The first-order valence-corrected chi connectivity index (χ1v) is 33.4. The second-order valence-corrected chi connectivity index (χ2v) is 22.6. The standard InChI is InChI=1S/C31H62O2.2C18H36O2/c1-3-5-7-9-11-13-15-16-17-18-19-21-23-25-27-29-31(32)33-30-28-26-24-22-20-14-12-10-8-6-4-2;2*1-2-3-4-5-6-7-8-9-10-11-12-13-14-15-16-17-18(19)20/h3-30H2,1-2H3;2*2-17H2,1H3,(H,19,20). The largest absolute Gasteiger partial charge is 0.481 e. The number of esters is 1. The summed E-state index contributed by atoms with van der Waals surface area (Å²) in [5.74, 6) is -1.28. The lowest BCUT2D eigenvalue weighted by Gasteiger charge is -2.06. The molecule has 0 fully saturated rings. The molecule has 0 aliphatic rings. The average Bonchev–Trinajstić information content (AvgIpc) is 3.38. The Labute approximate surface area is 458 Å². The minimum absolute atomic E-state index is 0.0248. The van der Waals surface area contributed by atoms with Crippen molar-refractivity contribution < 1.29 is 29.3 Å². The van der Waals surface area contributed by atoms with Crippen LogP contribution in [-0.4, -0.2) is 34.7 Å². The second-order valence-electron chi connectivity index (χ2n) is 22.6. The average molecular weight is 1040 g/mol. The van der Waals surface area contributed by atoms with Gasteiger partial charge in [-0.05, 0) is 25.7 Å². The van der Waals surface area contributed by atoms with Crippen molar-refractivity contribution in [2.75, 3.05) is 6.61 Å². The summed E-state index contributed by atoms with van der Waals surface area (Å²) in [5.41, 5.74) is 0. The third-order valence-electron chi connectivity index (χ3n) is 15.0. The van der Waals surface area contributed by atoms with E-state index in [0.29, 0.717) is 25.9 Å². The predicted octanol–water partition coefficient (Wildman–Crippen LogP) is 23.8. The molecule has 0 saturated heterocycles. The summed E-state index contributed by atoms with van der Waals surface area (Å²) in [6, 6.07) is 0. The van der Waals surface area contributed by atoms with Gasteiger partial charge in [0.2, 0.25) is 0 Å². The summed E-state index contributed by atoms with van der Waals surface area (Å²) >= 11 is 0. The van der Waals surface area contributed by atoms with Gasteiger partial charge in [0.25, 0.3) is 0 Å². The fourth-order valence-electron chi connectivity index (χ4n) is 9.96. The van der Waals surface area contributed by atoms with Crippen molar-refractivity contribution in [1.82, 2.24) is 0 Å². The van der Waals surface area contributed by atoms with Crippen LogP contribution in [0.15, 0.2) is 0 Å². The molecule has 438 valence electrons. The van der Waals surface area contributed by atoms with Crippen LogP contribution in [0.4, 0.5) is 0 Å². The number of hydrogen-bond acceptors (Lipinski definition) is 4. The van der Waals surface area contributed by atoms with Crippen LogP contribution < -0.4 is 0 Å². The second kappa shape index (κ2) is 72.5. The highest BCUT2D eigenvalue weighted by molar-refractivity contribution is 5.69. The molecule has 2 N–H and O–H groups in total. The maximum absolute atomic E-state index is 11.8. The Kier molecular flexibility index (Phi) is 75.1. The van der Waals surface area contributed by atoms with Crippen LogP contribution in [0.5, 0.6) is 0 Å². The van der Waals surface area contributed by atoms with Crippen molar-refractivity contribution >= 4 is 17.9 Å². The molecular formula is C67H134O6. The fourth-order valence-corrected chi connectivity index (χ4v) is 9.96. The van der Waals surface area contributed by atoms with Crippen molar-refractivity contribution in [3.8, 4) is 0 Å². The van der Waals surface area contributed by atoms with Gasteiger partial charge in [0.15, 0.2) is 0 Å². The van der Waals surface area contributed by atoms with Gasteiger partial charge in [-0.1, -0.05) is 362 Å². The lowest BCUT2D eigenvalue weighted by molar-refractivity contribution is -0.144. The Hall–Kier alpha value is -1.59. The van der Waals surface area contributed by atoms with Crippen molar-refractivity contribution in [3.63, 3.8) is 0 Å². The molecule has 0 aromatic heterocycles. The molecule has 0 aromatic rings. The summed E-state index contributed by atoms with van der Waals surface area (Å²) < 4.78 is 5.40. The van der Waals surface area contributed by atoms with Gasteiger partial charge < -0.3 is 14.9 Å². The van der Waals surface area contributed by atoms with Crippen molar-refractivity contribution in [1.29, 1.82) is 0 Å². The molecule has 0 spiro atoms. The van der Waals surface area contributed by atoms with E-state index >= 15 is 0 Å². The van der Waals surface area contributed by atoms with Gasteiger partial charge >= 0.3 is 17.9 Å². The molecule has 0 aliphatic heterocycles. The van der Waals surface area contributed by atoms with Crippen LogP contribution in [0, 0.1) is 0 Å². The molecule has 6 nitrogen and oxygen atoms in total. The molecule has 0 rings (SSSR count). The summed E-state index contributed by atoms with van der Waals surface area (Å²) in [6.07, 6.45) is 76.1. The van der Waals surface area contributed by atoms with Gasteiger partial charge in [0.05, 0.1) is 6.61 Å². The first-order valence-electron chi connectivity index (χ1n) is 33.4. The lowest BCUT2D eigenvalue weighted by atomic mass is 10.0. The molecule has 0 amide bonds. The molecule has 6 heteroatoms. The monoisotopic (exact) mass is 1040 g/mol. The summed E-state index contributed by atoms with van der Waals surface area (Å²) in [7, 11) is 0. The molecular weight excluding hydrogens is 901 g/mol. The van der Waals surface area contributed by atoms with E-state index in [9.17, 15) is 14.4 Å². The summed E-state index contributed by atoms with van der Waals surface area (Å²) in [6.45, 7) is 9.74. The topological polar surface area (TPSA) is 101 Å². The quantitative estimate of drug-likeness (QED) is 0.0465. The maximum Gasteiger partial charge on any atom is 0.305 e. The normalized spacial score (nSPS) is 11.0. The number of aliphatic carboxylic acids is 2. The Balaban J connectivity index is -0.00000106. The molecule has 0 saturated carbocycles. The van der Waals surface area contributed by atoms with Crippen LogP contribution in [0.1, 0.15) is 407 Å². The number of carbonyl (C=O) groups is 3. The molecule has 0 unspecified atom stereocenters. The van der Waals surface area contributed by atoms with Gasteiger partial charge in [0, 0.05) is 19.3 Å². The summed E-state index contributed by atoms with van der Waals surface area (Å²) in [5, 5.41) is 17.0. The minimum Gasteiger partial charge on any atom is -0.481 e.